The molecule has 3 heterocycles. The van der Waals surface area contributed by atoms with E-state index in [9.17, 15) is 0 Å². The molecule has 1 N–H and O–H groups in total. The van der Waals surface area contributed by atoms with Crippen molar-refractivity contribution in [2.45, 2.75) is 32.4 Å². The van der Waals surface area contributed by atoms with Crippen LogP contribution in [0.4, 0.5) is 0 Å². The summed E-state index contributed by atoms with van der Waals surface area (Å²) < 4.78 is 1.86. The van der Waals surface area contributed by atoms with E-state index in [1.165, 1.54) is 18.4 Å². The summed E-state index contributed by atoms with van der Waals surface area (Å²) in [6.07, 6.45) is 8.37. The number of hydrogen-bond acceptors (Lipinski definition) is 3. The van der Waals surface area contributed by atoms with Crippen molar-refractivity contribution < 1.29 is 0 Å². The average Bonchev–Trinajstić information content (AvgIpc) is 3.01. The van der Waals surface area contributed by atoms with E-state index in [4.69, 9.17) is 0 Å². The molecule has 1 aliphatic rings. The van der Waals surface area contributed by atoms with Crippen LogP contribution in [0.5, 0.6) is 0 Å². The Labute approximate surface area is 107 Å². The van der Waals surface area contributed by atoms with E-state index >= 15 is 0 Å². The summed E-state index contributed by atoms with van der Waals surface area (Å²) >= 11 is 0. The topological polar surface area (TPSA) is 49.7 Å². The molecular weight excluding hydrogens is 226 g/mol. The smallest absolute Gasteiger partial charge is 0.123 e. The van der Waals surface area contributed by atoms with Crippen LogP contribution in [0, 0.1) is 6.92 Å². The number of imidazole rings is 1. The van der Waals surface area contributed by atoms with Gasteiger partial charge < -0.3 is 4.98 Å². The molecular formula is C13H19N5. The van der Waals surface area contributed by atoms with Crippen molar-refractivity contribution in [2.24, 2.45) is 7.05 Å². The number of aryl methyl sites for hydroxylation is 2. The van der Waals surface area contributed by atoms with E-state index in [0.29, 0.717) is 6.04 Å². The molecule has 5 nitrogen and oxygen atoms in total. The molecule has 96 valence electrons. The van der Waals surface area contributed by atoms with E-state index < -0.39 is 0 Å². The van der Waals surface area contributed by atoms with E-state index in [0.717, 1.165) is 24.6 Å². The van der Waals surface area contributed by atoms with Gasteiger partial charge in [-0.25, -0.2) is 4.98 Å². The lowest BCUT2D eigenvalue weighted by atomic mass is 10.2. The average molecular weight is 245 g/mol. The highest BCUT2D eigenvalue weighted by atomic mass is 15.3. The van der Waals surface area contributed by atoms with Gasteiger partial charge in [0, 0.05) is 37.2 Å². The molecule has 0 aliphatic carbocycles. The fourth-order valence-corrected chi connectivity index (χ4v) is 2.72. The standard InChI is InChI=1S/C13H19N5/c1-10-6-14-13(16-10)12-4-3-5-18(12)9-11-7-15-17(2)8-11/h6-8,12H,3-5,9H2,1-2H3,(H,14,16). The number of likely N-dealkylation sites (tertiary alicyclic amines) is 1. The molecule has 0 bridgehead atoms. The van der Waals surface area contributed by atoms with Gasteiger partial charge in [-0.2, -0.15) is 5.10 Å². The molecule has 2 aromatic rings. The van der Waals surface area contributed by atoms with Crippen LogP contribution in [0.1, 0.15) is 36.0 Å². The number of rotatable bonds is 3. The van der Waals surface area contributed by atoms with Crippen LogP contribution < -0.4 is 0 Å². The normalized spacial score (nSPS) is 20.7. The predicted molar refractivity (Wildman–Crippen MR) is 68.9 cm³/mol. The molecule has 1 aliphatic heterocycles. The lowest BCUT2D eigenvalue weighted by Crippen LogP contribution is -2.23. The summed E-state index contributed by atoms with van der Waals surface area (Å²) in [4.78, 5) is 10.3. The highest BCUT2D eigenvalue weighted by Crippen LogP contribution is 2.31. The van der Waals surface area contributed by atoms with Crippen molar-refractivity contribution in [1.82, 2.24) is 24.6 Å². The maximum absolute atomic E-state index is 4.48. The summed E-state index contributed by atoms with van der Waals surface area (Å²) in [6, 6.07) is 0.430. The van der Waals surface area contributed by atoms with Gasteiger partial charge in [0.25, 0.3) is 0 Å². The molecule has 18 heavy (non-hydrogen) atoms. The Kier molecular flexibility index (Phi) is 2.91. The van der Waals surface area contributed by atoms with Crippen LogP contribution in [-0.4, -0.2) is 31.2 Å². The van der Waals surface area contributed by atoms with Crippen LogP contribution in [0.3, 0.4) is 0 Å². The third-order valence-electron chi connectivity index (χ3n) is 3.55. The number of aromatic nitrogens is 4. The lowest BCUT2D eigenvalue weighted by molar-refractivity contribution is 0.240. The van der Waals surface area contributed by atoms with Crippen molar-refractivity contribution in [2.75, 3.05) is 6.54 Å². The molecule has 0 aromatic carbocycles. The molecule has 1 atom stereocenters. The van der Waals surface area contributed by atoms with E-state index in [-0.39, 0.29) is 0 Å². The zero-order chi connectivity index (χ0) is 12.5. The summed E-state index contributed by atoms with van der Waals surface area (Å²) in [5.74, 6) is 1.11. The first-order valence-electron chi connectivity index (χ1n) is 6.45. The lowest BCUT2D eigenvalue weighted by Gasteiger charge is -2.22. The zero-order valence-electron chi connectivity index (χ0n) is 10.9. The Morgan fingerprint density at radius 1 is 1.44 bits per heavy atom. The SMILES string of the molecule is Cc1cnc(C2CCCN2Cc2cnn(C)c2)[nH]1. The highest BCUT2D eigenvalue weighted by molar-refractivity contribution is 5.08. The molecule has 5 heteroatoms. The van der Waals surface area contributed by atoms with Crippen molar-refractivity contribution >= 4 is 0 Å². The Bertz CT molecular complexity index is 527. The van der Waals surface area contributed by atoms with E-state index in [1.807, 2.05) is 24.1 Å². The predicted octanol–water partition coefficient (Wildman–Crippen LogP) is 1.79. The van der Waals surface area contributed by atoms with E-state index in [1.54, 1.807) is 0 Å². The Morgan fingerprint density at radius 2 is 2.33 bits per heavy atom. The third kappa shape index (κ3) is 2.18. The largest absolute Gasteiger partial charge is 0.345 e. The van der Waals surface area contributed by atoms with Crippen LogP contribution in [0.15, 0.2) is 18.6 Å². The minimum Gasteiger partial charge on any atom is -0.345 e. The Hall–Kier alpha value is -1.62. The fraction of sp³-hybridized carbons (Fsp3) is 0.538. The van der Waals surface area contributed by atoms with Gasteiger partial charge in [0.1, 0.15) is 5.82 Å². The Balaban J connectivity index is 1.75. The van der Waals surface area contributed by atoms with Crippen LogP contribution in [-0.2, 0) is 13.6 Å². The summed E-state index contributed by atoms with van der Waals surface area (Å²) in [7, 11) is 1.96. The van der Waals surface area contributed by atoms with Crippen molar-refractivity contribution in [3.8, 4) is 0 Å². The monoisotopic (exact) mass is 245 g/mol. The summed E-state index contributed by atoms with van der Waals surface area (Å²) in [5.41, 5.74) is 2.41. The number of aromatic amines is 1. The first-order chi connectivity index (χ1) is 8.72. The van der Waals surface area contributed by atoms with Gasteiger partial charge in [0.15, 0.2) is 0 Å². The number of H-pyrrole nitrogens is 1. The summed E-state index contributed by atoms with van der Waals surface area (Å²) in [5, 5.41) is 4.23. The van der Waals surface area contributed by atoms with Crippen molar-refractivity contribution in [3.05, 3.63) is 35.7 Å². The molecule has 0 spiro atoms. The first kappa shape index (κ1) is 11.5. The number of nitrogens with zero attached hydrogens (tertiary/aromatic N) is 4. The van der Waals surface area contributed by atoms with Gasteiger partial charge in [0.2, 0.25) is 0 Å². The number of nitrogens with one attached hydrogen (secondary N) is 1. The van der Waals surface area contributed by atoms with Gasteiger partial charge in [-0.15, -0.1) is 0 Å². The zero-order valence-corrected chi connectivity index (χ0v) is 10.9. The second-order valence-corrected chi connectivity index (χ2v) is 5.10. The van der Waals surface area contributed by atoms with E-state index in [2.05, 4.69) is 33.1 Å². The van der Waals surface area contributed by atoms with Crippen molar-refractivity contribution in [1.29, 1.82) is 0 Å². The second-order valence-electron chi connectivity index (χ2n) is 5.10. The summed E-state index contributed by atoms with van der Waals surface area (Å²) in [6.45, 7) is 4.15. The maximum Gasteiger partial charge on any atom is 0.123 e. The van der Waals surface area contributed by atoms with Gasteiger partial charge in [0.05, 0.1) is 12.2 Å². The quantitative estimate of drug-likeness (QED) is 0.897. The molecule has 3 rings (SSSR count). The van der Waals surface area contributed by atoms with Gasteiger partial charge in [-0.3, -0.25) is 9.58 Å². The second kappa shape index (κ2) is 4.57. The van der Waals surface area contributed by atoms with Crippen LogP contribution >= 0.6 is 0 Å². The minimum absolute atomic E-state index is 0.430. The van der Waals surface area contributed by atoms with Crippen molar-refractivity contribution in [3.63, 3.8) is 0 Å². The first-order valence-corrected chi connectivity index (χ1v) is 6.45. The number of hydrogen-bond donors (Lipinski definition) is 1. The third-order valence-corrected chi connectivity index (χ3v) is 3.55. The molecule has 2 aromatic heterocycles. The molecule has 1 saturated heterocycles. The Morgan fingerprint density at radius 3 is 3.00 bits per heavy atom. The molecule has 0 radical (unpaired) electrons. The molecule has 0 saturated carbocycles. The van der Waals surface area contributed by atoms with Gasteiger partial charge >= 0.3 is 0 Å². The molecule has 1 unspecified atom stereocenters. The van der Waals surface area contributed by atoms with Crippen LogP contribution in [0.2, 0.25) is 0 Å². The highest BCUT2D eigenvalue weighted by Gasteiger charge is 2.28. The minimum atomic E-state index is 0.430. The van der Waals surface area contributed by atoms with Gasteiger partial charge in [-0.05, 0) is 26.3 Å². The maximum atomic E-state index is 4.48. The molecule has 1 fully saturated rings. The van der Waals surface area contributed by atoms with Crippen LogP contribution in [0.25, 0.3) is 0 Å². The fourth-order valence-electron chi connectivity index (χ4n) is 2.72. The van der Waals surface area contributed by atoms with Gasteiger partial charge in [-0.1, -0.05) is 0 Å². The molecule has 0 amide bonds.